The van der Waals surface area contributed by atoms with E-state index >= 15 is 0 Å². The summed E-state index contributed by atoms with van der Waals surface area (Å²) in [6, 6.07) is 13.9. The van der Waals surface area contributed by atoms with Crippen LogP contribution in [0.2, 0.25) is 0 Å². The topological polar surface area (TPSA) is 6.48 Å². The van der Waals surface area contributed by atoms with Gasteiger partial charge in [-0.1, -0.05) is 29.8 Å². The van der Waals surface area contributed by atoms with E-state index in [1.165, 1.54) is 46.5 Å². The predicted octanol–water partition coefficient (Wildman–Crippen LogP) is 3.55. The predicted molar refractivity (Wildman–Crippen MR) is 89.3 cm³/mol. The number of nitrogens with zero attached hydrogens (tertiary/aromatic N) is 2. The van der Waals surface area contributed by atoms with Crippen molar-refractivity contribution in [1.82, 2.24) is 0 Å². The molecule has 0 atom stereocenters. The molecule has 0 amide bonds. The minimum absolute atomic E-state index is 1.02. The number of hydrogen-bond acceptors (Lipinski definition) is 2. The van der Waals surface area contributed by atoms with Crippen LogP contribution in [0.5, 0.6) is 0 Å². The molecule has 2 aliphatic rings. The summed E-state index contributed by atoms with van der Waals surface area (Å²) in [4.78, 5) is 4.89. The van der Waals surface area contributed by atoms with E-state index in [1.54, 1.807) is 0 Å². The van der Waals surface area contributed by atoms with Crippen molar-refractivity contribution in [3.8, 4) is 0 Å². The van der Waals surface area contributed by atoms with E-state index in [4.69, 9.17) is 0 Å². The van der Waals surface area contributed by atoms with Crippen molar-refractivity contribution in [1.29, 1.82) is 0 Å². The Morgan fingerprint density at radius 3 is 2.67 bits per heavy atom. The van der Waals surface area contributed by atoms with Crippen LogP contribution >= 0.6 is 0 Å². The van der Waals surface area contributed by atoms with Gasteiger partial charge in [0.1, 0.15) is 0 Å². The molecule has 2 nitrogen and oxygen atoms in total. The summed E-state index contributed by atoms with van der Waals surface area (Å²) in [6.07, 6.45) is 2.37. The van der Waals surface area contributed by atoms with Crippen LogP contribution in [0.3, 0.4) is 0 Å². The molecular formula is C19H22N2. The number of anilines is 2. The molecule has 0 unspecified atom stereocenters. The molecule has 0 saturated carbocycles. The van der Waals surface area contributed by atoms with Gasteiger partial charge in [0.25, 0.3) is 0 Å². The number of benzene rings is 2. The summed E-state index contributed by atoms with van der Waals surface area (Å²) >= 11 is 0. The van der Waals surface area contributed by atoms with Gasteiger partial charge in [0.2, 0.25) is 0 Å². The quantitative estimate of drug-likeness (QED) is 0.829. The Morgan fingerprint density at radius 1 is 0.905 bits per heavy atom. The number of fused-ring (bicyclic) bond motifs is 2. The fourth-order valence-corrected chi connectivity index (χ4v) is 3.67. The average Bonchev–Trinajstić information content (AvgIpc) is 3.04. The highest BCUT2D eigenvalue weighted by Gasteiger charge is 2.20. The van der Waals surface area contributed by atoms with Crippen LogP contribution in [-0.2, 0) is 19.4 Å². The van der Waals surface area contributed by atoms with E-state index in [9.17, 15) is 0 Å². The third-order valence-electron chi connectivity index (χ3n) is 4.88. The number of aryl methyl sites for hydroxylation is 1. The zero-order chi connectivity index (χ0) is 14.4. The molecule has 4 rings (SSSR count). The molecular weight excluding hydrogens is 256 g/mol. The first-order valence-corrected chi connectivity index (χ1v) is 7.88. The van der Waals surface area contributed by atoms with Gasteiger partial charge in [0.15, 0.2) is 0 Å². The van der Waals surface area contributed by atoms with Gasteiger partial charge in [0.05, 0.1) is 0 Å². The normalized spacial score (nSPS) is 16.3. The molecule has 108 valence electrons. The van der Waals surface area contributed by atoms with Crippen molar-refractivity contribution in [2.45, 2.75) is 26.3 Å². The fourth-order valence-electron chi connectivity index (χ4n) is 3.67. The van der Waals surface area contributed by atoms with Crippen molar-refractivity contribution in [2.75, 3.05) is 29.9 Å². The van der Waals surface area contributed by atoms with Crippen LogP contribution < -0.4 is 9.80 Å². The zero-order valence-electron chi connectivity index (χ0n) is 12.9. The van der Waals surface area contributed by atoms with E-state index in [2.05, 4.69) is 60.2 Å². The van der Waals surface area contributed by atoms with Gasteiger partial charge in [0, 0.05) is 38.1 Å². The number of rotatable bonds is 2. The Labute approximate surface area is 127 Å². The zero-order valence-corrected chi connectivity index (χ0v) is 12.9. The summed E-state index contributed by atoms with van der Waals surface area (Å²) < 4.78 is 0. The summed E-state index contributed by atoms with van der Waals surface area (Å²) in [7, 11) is 2.20. The van der Waals surface area contributed by atoms with Crippen LogP contribution in [-0.4, -0.2) is 20.1 Å². The Balaban J connectivity index is 1.60. The van der Waals surface area contributed by atoms with Gasteiger partial charge >= 0.3 is 0 Å². The van der Waals surface area contributed by atoms with Crippen molar-refractivity contribution in [3.05, 3.63) is 58.7 Å². The van der Waals surface area contributed by atoms with Crippen molar-refractivity contribution < 1.29 is 0 Å². The lowest BCUT2D eigenvalue weighted by Gasteiger charge is -2.21. The Morgan fingerprint density at radius 2 is 1.76 bits per heavy atom. The van der Waals surface area contributed by atoms with Crippen LogP contribution in [0, 0.1) is 6.92 Å². The van der Waals surface area contributed by atoms with E-state index in [0.717, 1.165) is 19.6 Å². The summed E-state index contributed by atoms with van der Waals surface area (Å²) in [5.74, 6) is 0. The van der Waals surface area contributed by atoms with Gasteiger partial charge in [-0.05, 0) is 48.6 Å². The first-order valence-electron chi connectivity index (χ1n) is 7.88. The smallest absolute Gasteiger partial charge is 0.0430 e. The van der Waals surface area contributed by atoms with Crippen LogP contribution in [0.25, 0.3) is 0 Å². The van der Waals surface area contributed by atoms with E-state index in [0.29, 0.717) is 0 Å². The Hall–Kier alpha value is -1.96. The molecule has 0 saturated heterocycles. The maximum absolute atomic E-state index is 2.52. The second-order valence-electron chi connectivity index (χ2n) is 6.44. The van der Waals surface area contributed by atoms with Crippen molar-refractivity contribution >= 4 is 11.4 Å². The molecule has 0 N–H and O–H groups in total. The highest BCUT2D eigenvalue weighted by molar-refractivity contribution is 5.62. The largest absolute Gasteiger partial charge is 0.374 e. The lowest BCUT2D eigenvalue weighted by atomic mass is 10.1. The molecule has 2 heterocycles. The molecule has 0 aromatic heterocycles. The Kier molecular flexibility index (Phi) is 2.91. The van der Waals surface area contributed by atoms with Gasteiger partial charge in [-0.15, -0.1) is 0 Å². The molecule has 2 heteroatoms. The van der Waals surface area contributed by atoms with Crippen molar-refractivity contribution in [3.63, 3.8) is 0 Å². The molecule has 2 aromatic carbocycles. The van der Waals surface area contributed by atoms with Crippen LogP contribution in [0.4, 0.5) is 11.4 Å². The maximum Gasteiger partial charge on any atom is 0.0430 e. The van der Waals surface area contributed by atoms with E-state index in [1.807, 2.05) is 0 Å². The minimum atomic E-state index is 1.02. The van der Waals surface area contributed by atoms with E-state index < -0.39 is 0 Å². The van der Waals surface area contributed by atoms with Gasteiger partial charge in [-0.2, -0.15) is 0 Å². The molecule has 2 aromatic rings. The molecule has 21 heavy (non-hydrogen) atoms. The van der Waals surface area contributed by atoms with Crippen molar-refractivity contribution in [2.24, 2.45) is 0 Å². The van der Waals surface area contributed by atoms with E-state index in [-0.39, 0.29) is 0 Å². The fraction of sp³-hybridized carbons (Fsp3) is 0.368. The highest BCUT2D eigenvalue weighted by atomic mass is 15.1. The average molecular weight is 278 g/mol. The standard InChI is InChI=1S/C19H22N2/c1-14-3-6-18-17(11-14)8-10-21(18)13-15-4-5-16-7-9-20(2)19(16)12-15/h3-6,11-12H,7-10,13H2,1-2H3. The lowest BCUT2D eigenvalue weighted by Crippen LogP contribution is -2.20. The molecule has 0 radical (unpaired) electrons. The molecule has 0 fully saturated rings. The monoisotopic (exact) mass is 278 g/mol. The Bertz CT molecular complexity index is 690. The number of likely N-dealkylation sites (N-methyl/N-ethyl adjacent to an activating group) is 1. The second-order valence-corrected chi connectivity index (χ2v) is 6.44. The molecule has 0 bridgehead atoms. The molecule has 0 aliphatic carbocycles. The minimum Gasteiger partial charge on any atom is -0.374 e. The first-order chi connectivity index (χ1) is 10.2. The third kappa shape index (κ3) is 2.19. The van der Waals surface area contributed by atoms with Gasteiger partial charge < -0.3 is 9.80 Å². The molecule has 2 aliphatic heterocycles. The highest BCUT2D eigenvalue weighted by Crippen LogP contribution is 2.32. The summed E-state index contributed by atoms with van der Waals surface area (Å²) in [6.45, 7) is 5.51. The SMILES string of the molecule is Cc1ccc2c(c1)CCN2Cc1ccc2c(c1)N(C)CC2. The first kappa shape index (κ1) is 12.8. The summed E-state index contributed by atoms with van der Waals surface area (Å²) in [5, 5.41) is 0. The molecule has 0 spiro atoms. The third-order valence-corrected chi connectivity index (χ3v) is 4.88. The van der Waals surface area contributed by atoms with Crippen LogP contribution in [0.15, 0.2) is 36.4 Å². The number of hydrogen-bond donors (Lipinski definition) is 0. The second kappa shape index (κ2) is 4.80. The summed E-state index contributed by atoms with van der Waals surface area (Å²) in [5.41, 5.74) is 8.66. The van der Waals surface area contributed by atoms with Crippen LogP contribution in [0.1, 0.15) is 22.3 Å². The maximum atomic E-state index is 2.52. The lowest BCUT2D eigenvalue weighted by molar-refractivity contribution is 0.836. The van der Waals surface area contributed by atoms with Gasteiger partial charge in [-0.3, -0.25) is 0 Å². The van der Waals surface area contributed by atoms with Gasteiger partial charge in [-0.25, -0.2) is 0 Å².